The molecule has 0 saturated carbocycles. The normalized spacial score (nSPS) is 11.9. The van der Waals surface area contributed by atoms with Crippen molar-refractivity contribution in [2.24, 2.45) is 11.7 Å². The highest BCUT2D eigenvalue weighted by molar-refractivity contribution is 6.33. The summed E-state index contributed by atoms with van der Waals surface area (Å²) in [5.74, 6) is 0.260. The van der Waals surface area contributed by atoms with E-state index in [4.69, 9.17) is 17.3 Å². The second-order valence-corrected chi connectivity index (χ2v) is 6.09. The van der Waals surface area contributed by atoms with Gasteiger partial charge in [-0.2, -0.15) is 5.10 Å². The fourth-order valence-corrected chi connectivity index (χ4v) is 2.52. The molecule has 0 spiro atoms. The molecule has 0 saturated heterocycles. The number of hydrogen-bond acceptors (Lipinski definition) is 3. The van der Waals surface area contributed by atoms with Crippen LogP contribution in [0, 0.1) is 5.92 Å². The second kappa shape index (κ2) is 8.91. The molecule has 1 heterocycles. The van der Waals surface area contributed by atoms with Crippen LogP contribution in [0.15, 0.2) is 30.3 Å². The van der Waals surface area contributed by atoms with Gasteiger partial charge in [0.15, 0.2) is 0 Å². The molecule has 0 radical (unpaired) electrons. The molecule has 1 amide bonds. The number of halogens is 2. The Hall–Kier alpha value is -1.56. The topological polar surface area (TPSA) is 83.8 Å². The average molecular weight is 357 g/mol. The molecule has 1 atom stereocenters. The highest BCUT2D eigenvalue weighted by atomic mass is 35.5. The first-order chi connectivity index (χ1) is 10.5. The predicted molar refractivity (Wildman–Crippen MR) is 96.0 cm³/mol. The minimum Gasteiger partial charge on any atom is -0.347 e. The van der Waals surface area contributed by atoms with Crippen LogP contribution in [0.25, 0.3) is 11.3 Å². The average Bonchev–Trinajstić information content (AvgIpc) is 2.96. The molecule has 0 aliphatic carbocycles. The van der Waals surface area contributed by atoms with Crippen LogP contribution in [0.4, 0.5) is 0 Å². The van der Waals surface area contributed by atoms with E-state index in [0.29, 0.717) is 28.9 Å². The summed E-state index contributed by atoms with van der Waals surface area (Å²) < 4.78 is 0. The van der Waals surface area contributed by atoms with E-state index in [2.05, 4.69) is 29.4 Å². The summed E-state index contributed by atoms with van der Waals surface area (Å²) in [6.07, 6.45) is 0.841. The van der Waals surface area contributed by atoms with Gasteiger partial charge in [-0.15, -0.1) is 12.4 Å². The Bertz CT molecular complexity index is 643. The Labute approximate surface area is 147 Å². The van der Waals surface area contributed by atoms with E-state index in [9.17, 15) is 4.79 Å². The lowest BCUT2D eigenvalue weighted by Gasteiger charge is -2.18. The minimum atomic E-state index is -0.207. The number of benzene rings is 1. The van der Waals surface area contributed by atoms with E-state index < -0.39 is 0 Å². The van der Waals surface area contributed by atoms with E-state index in [1.54, 1.807) is 12.1 Å². The van der Waals surface area contributed by atoms with Crippen molar-refractivity contribution in [1.82, 2.24) is 15.5 Å². The number of hydrogen-bond donors (Lipinski definition) is 3. The number of carbonyl (C=O) groups is 1. The lowest BCUT2D eigenvalue weighted by atomic mass is 10.0. The van der Waals surface area contributed by atoms with Crippen LogP contribution in [-0.2, 0) is 0 Å². The molecule has 23 heavy (non-hydrogen) atoms. The van der Waals surface area contributed by atoms with Crippen LogP contribution in [0.5, 0.6) is 0 Å². The Morgan fingerprint density at radius 3 is 2.70 bits per heavy atom. The predicted octanol–water partition coefficient (Wildman–Crippen LogP) is 3.26. The van der Waals surface area contributed by atoms with Gasteiger partial charge in [0.2, 0.25) is 0 Å². The number of amides is 1. The molecular formula is C16H22Cl2N4O. The first kappa shape index (κ1) is 19.5. The van der Waals surface area contributed by atoms with Crippen molar-refractivity contribution in [3.05, 3.63) is 41.0 Å². The fraction of sp³-hybridized carbons (Fsp3) is 0.375. The van der Waals surface area contributed by atoms with Crippen molar-refractivity contribution in [2.75, 3.05) is 6.54 Å². The number of aromatic nitrogens is 2. The molecule has 7 heteroatoms. The van der Waals surface area contributed by atoms with Crippen molar-refractivity contribution >= 4 is 29.9 Å². The summed E-state index contributed by atoms with van der Waals surface area (Å²) in [5.41, 5.74) is 7.54. The van der Waals surface area contributed by atoms with E-state index >= 15 is 0 Å². The fourth-order valence-electron chi connectivity index (χ4n) is 2.29. The van der Waals surface area contributed by atoms with Crippen LogP contribution in [0.1, 0.15) is 30.8 Å². The van der Waals surface area contributed by atoms with Gasteiger partial charge in [-0.05, 0) is 24.5 Å². The van der Waals surface area contributed by atoms with Crippen LogP contribution in [0.3, 0.4) is 0 Å². The molecule has 0 aliphatic heterocycles. The van der Waals surface area contributed by atoms with Gasteiger partial charge in [-0.25, -0.2) is 0 Å². The van der Waals surface area contributed by atoms with E-state index in [1.165, 1.54) is 0 Å². The van der Waals surface area contributed by atoms with Crippen molar-refractivity contribution in [2.45, 2.75) is 26.3 Å². The van der Waals surface area contributed by atoms with Crippen LogP contribution in [0.2, 0.25) is 5.02 Å². The van der Waals surface area contributed by atoms with Crippen molar-refractivity contribution < 1.29 is 4.79 Å². The third-order valence-electron chi connectivity index (χ3n) is 3.35. The number of rotatable bonds is 6. The lowest BCUT2D eigenvalue weighted by Crippen LogP contribution is -2.41. The van der Waals surface area contributed by atoms with Gasteiger partial charge in [0.25, 0.3) is 5.91 Å². The zero-order valence-electron chi connectivity index (χ0n) is 13.2. The van der Waals surface area contributed by atoms with Crippen molar-refractivity contribution in [3.63, 3.8) is 0 Å². The van der Waals surface area contributed by atoms with Gasteiger partial charge in [0, 0.05) is 18.2 Å². The third kappa shape index (κ3) is 5.23. The number of nitrogens with zero attached hydrogens (tertiary/aromatic N) is 1. The van der Waals surface area contributed by atoms with Crippen LogP contribution >= 0.6 is 24.0 Å². The first-order valence-electron chi connectivity index (χ1n) is 7.32. The molecule has 1 aromatic carbocycles. The van der Waals surface area contributed by atoms with Gasteiger partial charge in [0.05, 0.1) is 10.7 Å². The summed E-state index contributed by atoms with van der Waals surface area (Å²) in [7, 11) is 0. The number of nitrogens with two attached hydrogens (primary N) is 1. The zero-order chi connectivity index (χ0) is 16.1. The quantitative estimate of drug-likeness (QED) is 0.742. The van der Waals surface area contributed by atoms with E-state index in [0.717, 1.165) is 12.0 Å². The second-order valence-electron chi connectivity index (χ2n) is 5.68. The van der Waals surface area contributed by atoms with Gasteiger partial charge in [0.1, 0.15) is 5.69 Å². The summed E-state index contributed by atoms with van der Waals surface area (Å²) in [6.45, 7) is 4.61. The van der Waals surface area contributed by atoms with Gasteiger partial charge in [-0.1, -0.05) is 43.6 Å². The van der Waals surface area contributed by atoms with Crippen molar-refractivity contribution in [1.29, 1.82) is 0 Å². The number of nitrogens with one attached hydrogen (secondary N) is 2. The SMILES string of the molecule is CC(C)CC(CN)NC(=O)c1cc(-c2ccccc2Cl)n[nH]1.Cl. The Balaban J connectivity index is 0.00000264. The smallest absolute Gasteiger partial charge is 0.269 e. The van der Waals surface area contributed by atoms with Gasteiger partial charge >= 0.3 is 0 Å². The lowest BCUT2D eigenvalue weighted by molar-refractivity contribution is 0.0928. The largest absolute Gasteiger partial charge is 0.347 e. The highest BCUT2D eigenvalue weighted by Gasteiger charge is 2.16. The number of aromatic amines is 1. The summed E-state index contributed by atoms with van der Waals surface area (Å²) in [6, 6.07) is 9.03. The van der Waals surface area contributed by atoms with Crippen LogP contribution in [-0.4, -0.2) is 28.7 Å². The standard InChI is InChI=1S/C16H21ClN4O.ClH/c1-10(2)7-11(9-18)19-16(22)15-8-14(20-21-15)12-5-3-4-6-13(12)17;/h3-6,8,10-11H,7,9,18H2,1-2H3,(H,19,22)(H,20,21);1H. The van der Waals surface area contributed by atoms with Crippen molar-refractivity contribution in [3.8, 4) is 11.3 Å². The molecule has 5 nitrogen and oxygen atoms in total. The van der Waals surface area contributed by atoms with Gasteiger partial charge < -0.3 is 11.1 Å². The molecule has 1 unspecified atom stereocenters. The number of H-pyrrole nitrogens is 1. The van der Waals surface area contributed by atoms with E-state index in [-0.39, 0.29) is 24.4 Å². The maximum atomic E-state index is 12.3. The third-order valence-corrected chi connectivity index (χ3v) is 3.68. The molecule has 0 bridgehead atoms. The summed E-state index contributed by atoms with van der Waals surface area (Å²) in [5, 5.41) is 10.4. The monoisotopic (exact) mass is 356 g/mol. The Morgan fingerprint density at radius 2 is 2.09 bits per heavy atom. The number of carbonyl (C=O) groups excluding carboxylic acids is 1. The first-order valence-corrected chi connectivity index (χ1v) is 7.70. The summed E-state index contributed by atoms with van der Waals surface area (Å²) >= 11 is 6.14. The molecule has 4 N–H and O–H groups in total. The van der Waals surface area contributed by atoms with Gasteiger partial charge in [-0.3, -0.25) is 9.89 Å². The highest BCUT2D eigenvalue weighted by Crippen LogP contribution is 2.26. The summed E-state index contributed by atoms with van der Waals surface area (Å²) in [4.78, 5) is 12.3. The zero-order valence-corrected chi connectivity index (χ0v) is 14.7. The Morgan fingerprint density at radius 1 is 1.39 bits per heavy atom. The molecule has 126 valence electrons. The molecular weight excluding hydrogens is 335 g/mol. The molecule has 0 aliphatic rings. The molecule has 0 fully saturated rings. The molecule has 1 aromatic heterocycles. The molecule has 2 rings (SSSR count). The molecule has 2 aromatic rings. The minimum absolute atomic E-state index is 0. The maximum absolute atomic E-state index is 12.3. The maximum Gasteiger partial charge on any atom is 0.269 e. The van der Waals surface area contributed by atoms with Crippen LogP contribution < -0.4 is 11.1 Å². The van der Waals surface area contributed by atoms with E-state index in [1.807, 2.05) is 18.2 Å². The Kier molecular flexibility index (Phi) is 7.55.